The number of imide groups is 2. The molecule has 2 fully saturated rings. The van der Waals surface area contributed by atoms with Crippen LogP contribution in [0.1, 0.15) is 79.1 Å². The van der Waals surface area contributed by atoms with Crippen molar-refractivity contribution >= 4 is 35.8 Å². The van der Waals surface area contributed by atoms with Gasteiger partial charge in [0.2, 0.25) is 5.91 Å². The Kier molecular flexibility index (Phi) is 15.0. The molecule has 7 atom stereocenters. The number of fused-ring (bicyclic) bond motifs is 1. The van der Waals surface area contributed by atoms with Gasteiger partial charge in [-0.15, -0.1) is 0 Å². The highest BCUT2D eigenvalue weighted by Crippen LogP contribution is 2.40. The van der Waals surface area contributed by atoms with Crippen LogP contribution in [0.3, 0.4) is 0 Å². The molecule has 4 amide bonds. The number of hydrogen-bond acceptors (Lipinski definition) is 11. The Hall–Kier alpha value is -4.10. The summed E-state index contributed by atoms with van der Waals surface area (Å²) in [5.41, 5.74) is 0.778. The number of carbonyl (C=O) groups is 6. The van der Waals surface area contributed by atoms with E-state index in [9.17, 15) is 28.8 Å². The lowest BCUT2D eigenvalue weighted by molar-refractivity contribution is -0.152. The highest BCUT2D eigenvalue weighted by Gasteiger charge is 2.58. The maximum atomic E-state index is 12.8. The van der Waals surface area contributed by atoms with E-state index in [0.717, 1.165) is 43.9 Å². The van der Waals surface area contributed by atoms with Crippen LogP contribution >= 0.6 is 0 Å². The maximum Gasteiger partial charge on any atom is 0.414 e. The smallest absolute Gasteiger partial charge is 0.414 e. The molecule has 47 heavy (non-hydrogen) atoms. The molecule has 0 aromatic rings. The van der Waals surface area contributed by atoms with Crippen molar-refractivity contribution in [2.75, 3.05) is 6.61 Å². The zero-order valence-corrected chi connectivity index (χ0v) is 27.4. The van der Waals surface area contributed by atoms with E-state index >= 15 is 0 Å². The summed E-state index contributed by atoms with van der Waals surface area (Å²) in [4.78, 5) is 73.4. The number of allylic oxidation sites excluding steroid dienone is 3. The fourth-order valence-electron chi connectivity index (χ4n) is 5.15. The first kappa shape index (κ1) is 37.4. The quantitative estimate of drug-likeness (QED) is 0.0780. The van der Waals surface area contributed by atoms with Crippen molar-refractivity contribution in [3.8, 4) is 0 Å². The molecule has 0 aromatic heterocycles. The van der Waals surface area contributed by atoms with Crippen LogP contribution in [0, 0.1) is 5.92 Å². The van der Waals surface area contributed by atoms with Gasteiger partial charge in [-0.1, -0.05) is 69.9 Å². The molecule has 7 unspecified atom stereocenters. The second-order valence-electron chi connectivity index (χ2n) is 11.8. The summed E-state index contributed by atoms with van der Waals surface area (Å²) >= 11 is 0. The molecule has 2 saturated heterocycles. The Balaban J connectivity index is 1.72. The molecule has 3 aliphatic rings. The van der Waals surface area contributed by atoms with Crippen molar-refractivity contribution in [3.63, 3.8) is 0 Å². The van der Waals surface area contributed by atoms with Gasteiger partial charge in [0.15, 0.2) is 12.2 Å². The largest absolute Gasteiger partial charge is 0.465 e. The third-order valence-electron chi connectivity index (χ3n) is 7.74. The van der Waals surface area contributed by atoms with Crippen molar-refractivity contribution in [1.82, 2.24) is 10.6 Å². The third kappa shape index (κ3) is 13.7. The second-order valence-corrected chi connectivity index (χ2v) is 11.8. The first-order valence-corrected chi connectivity index (χ1v) is 16.2. The van der Waals surface area contributed by atoms with Crippen LogP contribution in [0.15, 0.2) is 48.1 Å². The number of hydrogen-bond donors (Lipinski definition) is 2. The van der Waals surface area contributed by atoms with Crippen molar-refractivity contribution in [1.29, 1.82) is 0 Å². The molecule has 0 saturated carbocycles. The van der Waals surface area contributed by atoms with E-state index < -0.39 is 66.4 Å². The molecular formula is C34H46N2O11. The van der Waals surface area contributed by atoms with Gasteiger partial charge in [0.05, 0.1) is 12.7 Å². The molecule has 0 aliphatic carbocycles. The monoisotopic (exact) mass is 658 g/mol. The van der Waals surface area contributed by atoms with Crippen LogP contribution in [-0.2, 0) is 47.7 Å². The fourth-order valence-corrected chi connectivity index (χ4v) is 5.15. The number of epoxide rings is 2. The molecule has 0 spiro atoms. The van der Waals surface area contributed by atoms with Gasteiger partial charge in [0, 0.05) is 31.6 Å². The average Bonchev–Trinajstić information content (AvgIpc) is 3.93. The SMILES string of the molecule is CCCCC(C)CC(=O)OCC/C=C/C1OC1C1OC(=O)/C=C\C=C\C(=O)NC(=O)/C=C(/CC)CCC2OC2C1OC(=O)NC(C)=O. The van der Waals surface area contributed by atoms with Gasteiger partial charge in [-0.05, 0) is 31.6 Å². The zero-order valence-electron chi connectivity index (χ0n) is 27.4. The predicted molar refractivity (Wildman–Crippen MR) is 168 cm³/mol. The van der Waals surface area contributed by atoms with Gasteiger partial charge >= 0.3 is 18.0 Å². The molecular weight excluding hydrogens is 612 g/mol. The summed E-state index contributed by atoms with van der Waals surface area (Å²) in [6, 6.07) is 0. The Morgan fingerprint density at radius 3 is 2.55 bits per heavy atom. The number of alkyl carbamates (subject to hydrolysis) is 1. The lowest BCUT2D eigenvalue weighted by Gasteiger charge is -2.24. The van der Waals surface area contributed by atoms with E-state index in [0.29, 0.717) is 32.1 Å². The average molecular weight is 659 g/mol. The molecule has 0 radical (unpaired) electrons. The Morgan fingerprint density at radius 1 is 1.06 bits per heavy atom. The number of unbranched alkanes of at least 4 members (excludes halogenated alkanes) is 1. The number of ether oxygens (including phenoxy) is 5. The van der Waals surface area contributed by atoms with Gasteiger partial charge in [-0.25, -0.2) is 9.59 Å². The molecule has 2 N–H and O–H groups in total. The summed E-state index contributed by atoms with van der Waals surface area (Å²) in [7, 11) is 0. The molecule has 0 aromatic carbocycles. The summed E-state index contributed by atoms with van der Waals surface area (Å²) < 4.78 is 28.4. The van der Waals surface area contributed by atoms with Crippen molar-refractivity contribution < 1.29 is 52.5 Å². The number of amides is 4. The minimum atomic E-state index is -1.14. The van der Waals surface area contributed by atoms with E-state index in [1.165, 1.54) is 18.2 Å². The van der Waals surface area contributed by atoms with Gasteiger partial charge < -0.3 is 23.7 Å². The van der Waals surface area contributed by atoms with Gasteiger partial charge in [-0.3, -0.25) is 29.8 Å². The Labute approximate surface area is 275 Å². The Morgan fingerprint density at radius 2 is 1.83 bits per heavy atom. The summed E-state index contributed by atoms with van der Waals surface area (Å²) in [5, 5.41) is 4.29. The van der Waals surface area contributed by atoms with Crippen LogP contribution < -0.4 is 10.6 Å². The van der Waals surface area contributed by atoms with Crippen LogP contribution in [0.25, 0.3) is 0 Å². The minimum absolute atomic E-state index is 0.205. The fraction of sp³-hybridized carbons (Fsp3) is 0.588. The normalized spacial score (nSPS) is 29.5. The van der Waals surface area contributed by atoms with E-state index in [1.54, 1.807) is 12.2 Å². The second kappa shape index (κ2) is 18.9. The van der Waals surface area contributed by atoms with E-state index in [4.69, 9.17) is 23.7 Å². The van der Waals surface area contributed by atoms with E-state index in [2.05, 4.69) is 17.6 Å². The maximum absolute atomic E-state index is 12.8. The lowest BCUT2D eigenvalue weighted by Crippen LogP contribution is -2.46. The van der Waals surface area contributed by atoms with Crippen molar-refractivity contribution in [2.24, 2.45) is 5.92 Å². The Bertz CT molecular complexity index is 1270. The zero-order chi connectivity index (χ0) is 34.3. The van der Waals surface area contributed by atoms with Crippen LogP contribution in [0.4, 0.5) is 4.79 Å². The summed E-state index contributed by atoms with van der Waals surface area (Å²) in [5.74, 6) is -2.65. The molecule has 3 aliphatic heterocycles. The standard InChI is InChI=1S/C34H46N2O11/c1-5-7-12-21(3)19-29(41)43-18-11-10-13-24-30(44-24)32-33(47-34(42)35-22(4)37)31-25(45-31)17-16-23(6-2)20-27(39)36-26(38)14-8-9-15-28(40)46-32/h8-10,13-15,20-21,24-25,30-33H,5-7,11-12,16-19H2,1-4H3,(H,35,37,42)(H,36,38,39)/b13-10+,14-8+,15-9-,23-20-. The van der Waals surface area contributed by atoms with Gasteiger partial charge in [0.25, 0.3) is 11.8 Å². The number of esters is 2. The molecule has 13 heteroatoms. The molecule has 13 nitrogen and oxygen atoms in total. The lowest BCUT2D eigenvalue weighted by atomic mass is 9.99. The van der Waals surface area contributed by atoms with E-state index in [-0.39, 0.29) is 18.5 Å². The highest BCUT2D eigenvalue weighted by atomic mass is 16.7. The van der Waals surface area contributed by atoms with Crippen molar-refractivity contribution in [2.45, 2.75) is 116 Å². The van der Waals surface area contributed by atoms with Crippen molar-refractivity contribution in [3.05, 3.63) is 48.1 Å². The number of carbonyl (C=O) groups excluding carboxylic acids is 6. The van der Waals surface area contributed by atoms with Gasteiger partial charge in [-0.2, -0.15) is 0 Å². The predicted octanol–water partition coefficient (Wildman–Crippen LogP) is 3.67. The van der Waals surface area contributed by atoms with Crippen LogP contribution in [0.5, 0.6) is 0 Å². The third-order valence-corrected chi connectivity index (χ3v) is 7.74. The first-order chi connectivity index (χ1) is 22.5. The molecule has 3 rings (SSSR count). The summed E-state index contributed by atoms with van der Waals surface area (Å²) in [6.07, 6.45) is 9.41. The first-order valence-electron chi connectivity index (χ1n) is 16.2. The topological polar surface area (TPSA) is 179 Å². The van der Waals surface area contributed by atoms with E-state index in [1.807, 2.05) is 13.8 Å². The highest BCUT2D eigenvalue weighted by molar-refractivity contribution is 6.05. The number of nitrogens with one attached hydrogen (secondary N) is 2. The minimum Gasteiger partial charge on any atom is -0.465 e. The van der Waals surface area contributed by atoms with Crippen LogP contribution in [-0.4, -0.2) is 79.0 Å². The molecule has 0 bridgehead atoms. The summed E-state index contributed by atoms with van der Waals surface area (Å²) in [6.45, 7) is 7.38. The molecule has 3 heterocycles. The van der Waals surface area contributed by atoms with Gasteiger partial charge in [0.1, 0.15) is 18.3 Å². The van der Waals surface area contributed by atoms with Crippen LogP contribution in [0.2, 0.25) is 0 Å². The molecule has 258 valence electrons. The number of rotatable bonds is 12. The number of cyclic esters (lactones) is 1.